The van der Waals surface area contributed by atoms with E-state index in [1.54, 1.807) is 41.2 Å². The van der Waals surface area contributed by atoms with Crippen LogP contribution < -0.4 is 10.6 Å². The minimum atomic E-state index is -0.342. The third kappa shape index (κ3) is 5.26. The second kappa shape index (κ2) is 9.26. The van der Waals surface area contributed by atoms with E-state index in [1.807, 2.05) is 37.3 Å². The predicted molar refractivity (Wildman–Crippen MR) is 121 cm³/mol. The van der Waals surface area contributed by atoms with Crippen LogP contribution in [-0.4, -0.2) is 21.6 Å². The van der Waals surface area contributed by atoms with E-state index in [0.717, 1.165) is 11.3 Å². The summed E-state index contributed by atoms with van der Waals surface area (Å²) in [5.41, 5.74) is 4.19. The highest BCUT2D eigenvalue weighted by Crippen LogP contribution is 2.16. The van der Waals surface area contributed by atoms with Crippen LogP contribution in [0, 0.1) is 12.7 Å². The fraction of sp³-hybridized carbons (Fsp3) is 0.0800. The smallest absolute Gasteiger partial charge is 0.255 e. The Hall–Kier alpha value is -4.26. The number of carbonyl (C=O) groups is 2. The van der Waals surface area contributed by atoms with E-state index in [-0.39, 0.29) is 24.1 Å². The first-order chi connectivity index (χ1) is 15.5. The van der Waals surface area contributed by atoms with E-state index in [4.69, 9.17) is 0 Å². The van der Waals surface area contributed by atoms with Gasteiger partial charge in [-0.1, -0.05) is 30.3 Å². The molecule has 4 rings (SSSR count). The molecule has 3 aromatic carbocycles. The van der Waals surface area contributed by atoms with E-state index in [1.165, 1.54) is 18.3 Å². The van der Waals surface area contributed by atoms with Gasteiger partial charge in [-0.25, -0.2) is 9.07 Å². The number of nitrogens with zero attached hydrogens (tertiary/aromatic N) is 2. The number of halogens is 1. The van der Waals surface area contributed by atoms with Crippen molar-refractivity contribution in [3.63, 3.8) is 0 Å². The van der Waals surface area contributed by atoms with Gasteiger partial charge >= 0.3 is 0 Å². The van der Waals surface area contributed by atoms with Crippen molar-refractivity contribution in [2.45, 2.75) is 13.3 Å². The Balaban J connectivity index is 1.43. The first-order valence-corrected chi connectivity index (χ1v) is 10.0. The molecule has 160 valence electrons. The minimum Gasteiger partial charge on any atom is -0.323 e. The van der Waals surface area contributed by atoms with Gasteiger partial charge in [-0.3, -0.25) is 9.59 Å². The zero-order valence-electron chi connectivity index (χ0n) is 17.4. The molecule has 1 aromatic heterocycles. The molecule has 7 heteroatoms. The molecule has 0 aliphatic heterocycles. The Morgan fingerprint density at radius 1 is 0.938 bits per heavy atom. The van der Waals surface area contributed by atoms with Crippen LogP contribution in [0.25, 0.3) is 5.69 Å². The lowest BCUT2D eigenvalue weighted by molar-refractivity contribution is -0.115. The van der Waals surface area contributed by atoms with Gasteiger partial charge < -0.3 is 10.6 Å². The predicted octanol–water partition coefficient (Wildman–Crippen LogP) is 4.75. The van der Waals surface area contributed by atoms with Crippen LogP contribution >= 0.6 is 0 Å². The normalized spacial score (nSPS) is 10.6. The third-order valence-corrected chi connectivity index (χ3v) is 4.79. The van der Waals surface area contributed by atoms with E-state index in [9.17, 15) is 14.0 Å². The fourth-order valence-corrected chi connectivity index (χ4v) is 3.24. The summed E-state index contributed by atoms with van der Waals surface area (Å²) in [4.78, 5) is 24.9. The van der Waals surface area contributed by atoms with Crippen LogP contribution in [0.3, 0.4) is 0 Å². The molecule has 2 amide bonds. The first-order valence-electron chi connectivity index (χ1n) is 10.0. The van der Waals surface area contributed by atoms with Crippen LogP contribution in [0.4, 0.5) is 15.8 Å². The summed E-state index contributed by atoms with van der Waals surface area (Å²) in [7, 11) is 0. The molecular formula is C25H21FN4O2. The number of benzene rings is 3. The molecule has 4 aromatic rings. The van der Waals surface area contributed by atoms with Gasteiger partial charge in [-0.2, -0.15) is 5.10 Å². The zero-order valence-corrected chi connectivity index (χ0v) is 17.4. The van der Waals surface area contributed by atoms with Crippen LogP contribution in [0.1, 0.15) is 21.5 Å². The largest absolute Gasteiger partial charge is 0.323 e. The molecule has 0 bridgehead atoms. The van der Waals surface area contributed by atoms with E-state index < -0.39 is 0 Å². The Labute approximate surface area is 184 Å². The molecule has 0 aliphatic carbocycles. The SMILES string of the molecule is Cc1cccc(NC(=O)c2cccc(-n3cc(NC(=O)Cc4ccc(F)cc4)cn3)c2)c1. The zero-order chi connectivity index (χ0) is 22.5. The van der Waals surface area contributed by atoms with Gasteiger partial charge in [0.15, 0.2) is 0 Å². The topological polar surface area (TPSA) is 76.0 Å². The number of nitrogens with one attached hydrogen (secondary N) is 2. The van der Waals surface area contributed by atoms with Gasteiger partial charge in [0.2, 0.25) is 5.91 Å². The summed E-state index contributed by atoms with van der Waals surface area (Å²) in [6.07, 6.45) is 3.32. The number of hydrogen-bond donors (Lipinski definition) is 2. The van der Waals surface area contributed by atoms with Crippen molar-refractivity contribution in [1.82, 2.24) is 9.78 Å². The van der Waals surface area contributed by atoms with E-state index >= 15 is 0 Å². The molecule has 6 nitrogen and oxygen atoms in total. The van der Waals surface area contributed by atoms with Gasteiger partial charge in [-0.05, 0) is 60.5 Å². The molecule has 0 aliphatic rings. The van der Waals surface area contributed by atoms with Gasteiger partial charge in [0.25, 0.3) is 5.91 Å². The number of amides is 2. The van der Waals surface area contributed by atoms with Crippen molar-refractivity contribution in [2.75, 3.05) is 10.6 Å². The molecule has 0 atom stereocenters. The average molecular weight is 428 g/mol. The van der Waals surface area contributed by atoms with Gasteiger partial charge in [0.05, 0.1) is 30.2 Å². The van der Waals surface area contributed by atoms with Crippen molar-refractivity contribution < 1.29 is 14.0 Å². The maximum Gasteiger partial charge on any atom is 0.255 e. The van der Waals surface area contributed by atoms with E-state index in [0.29, 0.717) is 22.5 Å². The Morgan fingerprint density at radius 2 is 1.72 bits per heavy atom. The summed E-state index contributed by atoms with van der Waals surface area (Å²) in [5, 5.41) is 9.94. The van der Waals surface area contributed by atoms with Crippen molar-refractivity contribution in [3.8, 4) is 5.69 Å². The van der Waals surface area contributed by atoms with Crippen molar-refractivity contribution >= 4 is 23.2 Å². The lowest BCUT2D eigenvalue weighted by Gasteiger charge is -2.08. The molecule has 1 heterocycles. The Kier molecular flexibility index (Phi) is 6.07. The van der Waals surface area contributed by atoms with Gasteiger partial charge in [-0.15, -0.1) is 0 Å². The summed E-state index contributed by atoms with van der Waals surface area (Å²) >= 11 is 0. The second-order valence-corrected chi connectivity index (χ2v) is 7.40. The molecule has 0 fully saturated rings. The van der Waals surface area contributed by atoms with Crippen LogP contribution in [0.15, 0.2) is 85.2 Å². The number of carbonyl (C=O) groups excluding carboxylic acids is 2. The first kappa shape index (κ1) is 21.0. The number of anilines is 2. The fourth-order valence-electron chi connectivity index (χ4n) is 3.24. The molecule has 32 heavy (non-hydrogen) atoms. The maximum atomic E-state index is 13.0. The second-order valence-electron chi connectivity index (χ2n) is 7.40. The molecule has 0 unspecified atom stereocenters. The highest BCUT2D eigenvalue weighted by molar-refractivity contribution is 6.04. The lowest BCUT2D eigenvalue weighted by Crippen LogP contribution is -2.14. The highest BCUT2D eigenvalue weighted by Gasteiger charge is 2.10. The van der Waals surface area contributed by atoms with Crippen molar-refractivity contribution in [2.24, 2.45) is 0 Å². The summed E-state index contributed by atoms with van der Waals surface area (Å²) < 4.78 is 14.6. The molecular weight excluding hydrogens is 407 g/mol. The van der Waals surface area contributed by atoms with Crippen LogP contribution in [-0.2, 0) is 11.2 Å². The Bertz CT molecular complexity index is 1260. The van der Waals surface area contributed by atoms with Crippen LogP contribution in [0.2, 0.25) is 0 Å². The van der Waals surface area contributed by atoms with E-state index in [2.05, 4.69) is 15.7 Å². The maximum absolute atomic E-state index is 13.0. The number of aryl methyl sites for hydroxylation is 1. The summed E-state index contributed by atoms with van der Waals surface area (Å²) in [6, 6.07) is 20.4. The van der Waals surface area contributed by atoms with Gasteiger partial charge in [0.1, 0.15) is 5.82 Å². The summed E-state index contributed by atoms with van der Waals surface area (Å²) in [6.45, 7) is 1.96. The molecule has 0 spiro atoms. The number of rotatable bonds is 6. The molecule has 0 saturated heterocycles. The highest BCUT2D eigenvalue weighted by atomic mass is 19.1. The quantitative estimate of drug-likeness (QED) is 0.465. The molecule has 0 radical (unpaired) electrons. The molecule has 2 N–H and O–H groups in total. The van der Waals surface area contributed by atoms with Gasteiger partial charge in [0, 0.05) is 11.3 Å². The molecule has 0 saturated carbocycles. The van der Waals surface area contributed by atoms with Crippen molar-refractivity contribution in [3.05, 3.63) is 108 Å². The summed E-state index contributed by atoms with van der Waals surface area (Å²) in [5.74, 6) is -0.801. The Morgan fingerprint density at radius 3 is 2.50 bits per heavy atom. The minimum absolute atomic E-state index is 0.125. The number of hydrogen-bond acceptors (Lipinski definition) is 3. The van der Waals surface area contributed by atoms with Crippen molar-refractivity contribution in [1.29, 1.82) is 0 Å². The number of aromatic nitrogens is 2. The van der Waals surface area contributed by atoms with Crippen LogP contribution in [0.5, 0.6) is 0 Å². The average Bonchev–Trinajstić information content (AvgIpc) is 3.24. The third-order valence-electron chi connectivity index (χ3n) is 4.79. The monoisotopic (exact) mass is 428 g/mol. The lowest BCUT2D eigenvalue weighted by atomic mass is 10.1. The standard InChI is InChI=1S/C25H21FN4O2/c1-17-4-2-6-21(12-17)29-25(32)19-5-3-7-23(14-19)30-16-22(15-27-30)28-24(31)13-18-8-10-20(26)11-9-18/h2-12,14-16H,13H2,1H3,(H,28,31)(H,29,32).